The standard InChI is InChI=1S/C14H21BrO3/c1-5-18-14(2,3)13(16)9-10-8-11(15)6-7-12(10)17-4/h6-8,13,16H,5,9H2,1-4H3. The zero-order valence-electron chi connectivity index (χ0n) is 11.4. The summed E-state index contributed by atoms with van der Waals surface area (Å²) in [5, 5.41) is 10.3. The Morgan fingerprint density at radius 2 is 2.06 bits per heavy atom. The van der Waals surface area contributed by atoms with Gasteiger partial charge in [0.2, 0.25) is 0 Å². The maximum absolute atomic E-state index is 10.3. The van der Waals surface area contributed by atoms with E-state index in [2.05, 4.69) is 15.9 Å². The van der Waals surface area contributed by atoms with Crippen LogP contribution in [0.3, 0.4) is 0 Å². The van der Waals surface area contributed by atoms with E-state index >= 15 is 0 Å². The molecule has 0 aromatic heterocycles. The number of aliphatic hydroxyl groups excluding tert-OH is 1. The van der Waals surface area contributed by atoms with Crippen molar-refractivity contribution in [2.45, 2.75) is 38.9 Å². The van der Waals surface area contributed by atoms with Crippen molar-refractivity contribution in [2.24, 2.45) is 0 Å². The van der Waals surface area contributed by atoms with Gasteiger partial charge < -0.3 is 14.6 Å². The number of aliphatic hydroxyl groups is 1. The third kappa shape index (κ3) is 3.97. The summed E-state index contributed by atoms with van der Waals surface area (Å²) in [5.41, 5.74) is 0.398. The Kier molecular flexibility index (Phi) is 5.63. The van der Waals surface area contributed by atoms with E-state index in [1.54, 1.807) is 7.11 Å². The molecule has 1 aromatic rings. The number of hydrogen-bond donors (Lipinski definition) is 1. The molecule has 0 spiro atoms. The smallest absolute Gasteiger partial charge is 0.122 e. The normalized spacial score (nSPS) is 13.4. The van der Waals surface area contributed by atoms with Gasteiger partial charge in [0.25, 0.3) is 0 Å². The Labute approximate surface area is 117 Å². The summed E-state index contributed by atoms with van der Waals surface area (Å²) < 4.78 is 11.8. The number of benzene rings is 1. The van der Waals surface area contributed by atoms with E-state index in [1.807, 2.05) is 39.0 Å². The maximum atomic E-state index is 10.3. The minimum atomic E-state index is -0.583. The van der Waals surface area contributed by atoms with Gasteiger partial charge in [0.1, 0.15) is 5.75 Å². The van der Waals surface area contributed by atoms with Gasteiger partial charge in [-0.25, -0.2) is 0 Å². The molecule has 1 atom stereocenters. The van der Waals surface area contributed by atoms with Gasteiger partial charge in [-0.2, -0.15) is 0 Å². The summed E-state index contributed by atoms with van der Waals surface area (Å²) in [5.74, 6) is 0.782. The molecule has 1 N–H and O–H groups in total. The minimum absolute atomic E-state index is 0.496. The first-order valence-corrected chi connectivity index (χ1v) is 6.84. The van der Waals surface area contributed by atoms with Crippen molar-refractivity contribution >= 4 is 15.9 Å². The summed E-state index contributed by atoms with van der Waals surface area (Å²) in [6.07, 6.45) is -0.0871. The fourth-order valence-electron chi connectivity index (χ4n) is 1.83. The van der Waals surface area contributed by atoms with Crippen molar-refractivity contribution in [1.82, 2.24) is 0 Å². The van der Waals surface area contributed by atoms with E-state index in [-0.39, 0.29) is 0 Å². The monoisotopic (exact) mass is 316 g/mol. The molecule has 1 unspecified atom stereocenters. The first-order chi connectivity index (χ1) is 8.40. The van der Waals surface area contributed by atoms with Crippen molar-refractivity contribution in [1.29, 1.82) is 0 Å². The topological polar surface area (TPSA) is 38.7 Å². The number of hydrogen-bond acceptors (Lipinski definition) is 3. The predicted octanol–water partition coefficient (Wildman–Crippen LogP) is 3.18. The van der Waals surface area contributed by atoms with E-state index in [0.29, 0.717) is 13.0 Å². The summed E-state index contributed by atoms with van der Waals surface area (Å²) in [6.45, 7) is 6.30. The van der Waals surface area contributed by atoms with Gasteiger partial charge in [-0.1, -0.05) is 15.9 Å². The molecule has 0 fully saturated rings. The molecule has 0 heterocycles. The molecule has 0 aliphatic rings. The number of ether oxygens (including phenoxy) is 2. The molecule has 0 saturated heterocycles. The average molecular weight is 317 g/mol. The van der Waals surface area contributed by atoms with E-state index in [4.69, 9.17) is 9.47 Å². The molecule has 0 bridgehead atoms. The van der Waals surface area contributed by atoms with Gasteiger partial charge in [0.15, 0.2) is 0 Å². The Hall–Kier alpha value is -0.580. The highest BCUT2D eigenvalue weighted by molar-refractivity contribution is 9.10. The summed E-state index contributed by atoms with van der Waals surface area (Å²) in [7, 11) is 1.63. The lowest BCUT2D eigenvalue weighted by Crippen LogP contribution is -2.40. The molecule has 18 heavy (non-hydrogen) atoms. The van der Waals surface area contributed by atoms with Crippen LogP contribution in [0.2, 0.25) is 0 Å². The van der Waals surface area contributed by atoms with Gasteiger partial charge >= 0.3 is 0 Å². The molecule has 0 radical (unpaired) electrons. The van der Waals surface area contributed by atoms with Crippen LogP contribution in [0.5, 0.6) is 5.75 Å². The molecule has 102 valence electrons. The molecular formula is C14H21BrO3. The van der Waals surface area contributed by atoms with Gasteiger partial charge in [0.05, 0.1) is 18.8 Å². The second-order valence-electron chi connectivity index (χ2n) is 4.71. The van der Waals surface area contributed by atoms with Crippen molar-refractivity contribution in [3.8, 4) is 5.75 Å². The second-order valence-corrected chi connectivity index (χ2v) is 5.63. The zero-order chi connectivity index (χ0) is 13.8. The SMILES string of the molecule is CCOC(C)(C)C(O)Cc1cc(Br)ccc1OC. The van der Waals surface area contributed by atoms with E-state index in [9.17, 15) is 5.11 Å². The molecule has 0 saturated carbocycles. The second kappa shape index (κ2) is 6.55. The van der Waals surface area contributed by atoms with Crippen LogP contribution in [0.25, 0.3) is 0 Å². The van der Waals surface area contributed by atoms with Gasteiger partial charge in [-0.05, 0) is 44.5 Å². The highest BCUT2D eigenvalue weighted by Gasteiger charge is 2.29. The lowest BCUT2D eigenvalue weighted by atomic mass is 9.94. The molecule has 0 aliphatic carbocycles. The lowest BCUT2D eigenvalue weighted by Gasteiger charge is -2.30. The largest absolute Gasteiger partial charge is 0.496 e. The van der Waals surface area contributed by atoms with Crippen LogP contribution >= 0.6 is 15.9 Å². The van der Waals surface area contributed by atoms with Crippen LogP contribution < -0.4 is 4.74 Å². The van der Waals surface area contributed by atoms with Gasteiger partial charge in [-0.15, -0.1) is 0 Å². The summed E-state index contributed by atoms with van der Waals surface area (Å²) in [4.78, 5) is 0. The molecule has 3 nitrogen and oxygen atoms in total. The van der Waals surface area contributed by atoms with Crippen molar-refractivity contribution in [2.75, 3.05) is 13.7 Å². The number of rotatable bonds is 6. The third-order valence-corrected chi connectivity index (χ3v) is 3.47. The fourth-order valence-corrected chi connectivity index (χ4v) is 2.24. The van der Waals surface area contributed by atoms with E-state index in [1.165, 1.54) is 0 Å². The Bertz CT molecular complexity index is 391. The van der Waals surface area contributed by atoms with Gasteiger partial charge in [-0.3, -0.25) is 0 Å². The fraction of sp³-hybridized carbons (Fsp3) is 0.571. The van der Waals surface area contributed by atoms with Crippen LogP contribution in [0.15, 0.2) is 22.7 Å². The minimum Gasteiger partial charge on any atom is -0.496 e. The van der Waals surface area contributed by atoms with Crippen LogP contribution in [0.4, 0.5) is 0 Å². The quantitative estimate of drug-likeness (QED) is 0.876. The molecule has 4 heteroatoms. The lowest BCUT2D eigenvalue weighted by molar-refractivity contribution is -0.0956. The van der Waals surface area contributed by atoms with Crippen LogP contribution in [0, 0.1) is 0 Å². The van der Waals surface area contributed by atoms with Crippen molar-refractivity contribution in [3.05, 3.63) is 28.2 Å². The predicted molar refractivity (Wildman–Crippen MR) is 76.1 cm³/mol. The Morgan fingerprint density at radius 3 is 2.61 bits per heavy atom. The molecule has 1 rings (SSSR count). The first kappa shape index (κ1) is 15.5. The van der Waals surface area contributed by atoms with E-state index < -0.39 is 11.7 Å². The summed E-state index contributed by atoms with van der Waals surface area (Å²) in [6, 6.07) is 5.77. The Morgan fingerprint density at radius 1 is 1.39 bits per heavy atom. The van der Waals surface area contributed by atoms with Gasteiger partial charge in [0, 0.05) is 17.5 Å². The van der Waals surface area contributed by atoms with Crippen molar-refractivity contribution < 1.29 is 14.6 Å². The van der Waals surface area contributed by atoms with Crippen molar-refractivity contribution in [3.63, 3.8) is 0 Å². The van der Waals surface area contributed by atoms with Crippen LogP contribution in [-0.4, -0.2) is 30.5 Å². The molecule has 0 aliphatic heterocycles. The van der Waals surface area contributed by atoms with Crippen LogP contribution in [-0.2, 0) is 11.2 Å². The maximum Gasteiger partial charge on any atom is 0.122 e. The molecule has 0 amide bonds. The van der Waals surface area contributed by atoms with E-state index in [0.717, 1.165) is 15.8 Å². The molecule has 1 aromatic carbocycles. The first-order valence-electron chi connectivity index (χ1n) is 6.05. The van der Waals surface area contributed by atoms with Crippen LogP contribution in [0.1, 0.15) is 26.3 Å². The highest BCUT2D eigenvalue weighted by atomic mass is 79.9. The third-order valence-electron chi connectivity index (χ3n) is 2.97. The average Bonchev–Trinajstić information content (AvgIpc) is 2.29. The highest BCUT2D eigenvalue weighted by Crippen LogP contribution is 2.27. The number of methoxy groups -OCH3 is 1. The summed E-state index contributed by atoms with van der Waals surface area (Å²) >= 11 is 3.43. The zero-order valence-corrected chi connectivity index (χ0v) is 13.0. The number of halogens is 1. The Balaban J connectivity index is 2.86. The molecular weight excluding hydrogens is 296 g/mol.